The van der Waals surface area contributed by atoms with E-state index >= 15 is 0 Å². The van der Waals surface area contributed by atoms with Crippen LogP contribution in [-0.4, -0.2) is 29.6 Å². The van der Waals surface area contributed by atoms with Crippen LogP contribution in [0.3, 0.4) is 0 Å². The quantitative estimate of drug-likeness (QED) is 0.926. The van der Waals surface area contributed by atoms with Gasteiger partial charge in [0.2, 0.25) is 0 Å². The summed E-state index contributed by atoms with van der Waals surface area (Å²) in [6, 6.07) is 14.6. The van der Waals surface area contributed by atoms with Crippen LogP contribution >= 0.6 is 0 Å². The highest BCUT2D eigenvalue weighted by Crippen LogP contribution is 2.36. The van der Waals surface area contributed by atoms with Crippen molar-refractivity contribution in [2.75, 3.05) is 19.6 Å². The Kier molecular flexibility index (Phi) is 4.01. The Morgan fingerprint density at radius 1 is 1.05 bits per heavy atom. The van der Waals surface area contributed by atoms with Gasteiger partial charge in [0.05, 0.1) is 5.60 Å². The van der Waals surface area contributed by atoms with Gasteiger partial charge in [-0.2, -0.15) is 0 Å². The molecule has 1 saturated heterocycles. The van der Waals surface area contributed by atoms with Crippen LogP contribution in [0.2, 0.25) is 0 Å². The summed E-state index contributed by atoms with van der Waals surface area (Å²) in [6.45, 7) is 7.61. The molecule has 0 aromatic heterocycles. The van der Waals surface area contributed by atoms with Crippen molar-refractivity contribution < 1.29 is 5.11 Å². The smallest absolute Gasteiger partial charge is 0.0926 e. The van der Waals surface area contributed by atoms with Crippen molar-refractivity contribution in [2.45, 2.75) is 32.3 Å². The second kappa shape index (κ2) is 5.78. The number of aliphatic hydroxyl groups is 1. The van der Waals surface area contributed by atoms with Gasteiger partial charge in [-0.15, -0.1) is 0 Å². The number of hydrogen-bond acceptors (Lipinski definition) is 2. The SMILES string of the molecule is CC(C)CN1CCC(O)(c2cccc3ccccc23)CC1. The average Bonchev–Trinajstić information content (AvgIpc) is 2.49. The maximum atomic E-state index is 11.2. The van der Waals surface area contributed by atoms with Crippen molar-refractivity contribution in [3.05, 3.63) is 48.0 Å². The summed E-state index contributed by atoms with van der Waals surface area (Å²) in [5, 5.41) is 13.6. The summed E-state index contributed by atoms with van der Waals surface area (Å²) in [6.07, 6.45) is 1.65. The number of fused-ring (bicyclic) bond motifs is 1. The third-order valence-corrected chi connectivity index (χ3v) is 4.60. The molecular weight excluding hydrogens is 258 g/mol. The molecule has 2 aromatic carbocycles. The van der Waals surface area contributed by atoms with Gasteiger partial charge in [-0.3, -0.25) is 0 Å². The molecule has 0 atom stereocenters. The van der Waals surface area contributed by atoms with E-state index in [2.05, 4.69) is 61.2 Å². The minimum atomic E-state index is -0.672. The van der Waals surface area contributed by atoms with E-state index in [0.717, 1.165) is 38.0 Å². The number of hydrogen-bond donors (Lipinski definition) is 1. The molecule has 112 valence electrons. The normalized spacial score (nSPS) is 19.2. The lowest BCUT2D eigenvalue weighted by Crippen LogP contribution is -2.43. The maximum Gasteiger partial charge on any atom is 0.0926 e. The van der Waals surface area contributed by atoms with Gasteiger partial charge < -0.3 is 10.0 Å². The molecule has 0 unspecified atom stereocenters. The van der Waals surface area contributed by atoms with Crippen molar-refractivity contribution in [1.29, 1.82) is 0 Å². The van der Waals surface area contributed by atoms with Crippen LogP contribution in [0.25, 0.3) is 10.8 Å². The summed E-state index contributed by atoms with van der Waals surface area (Å²) >= 11 is 0. The Hall–Kier alpha value is -1.38. The predicted molar refractivity (Wildman–Crippen MR) is 88.4 cm³/mol. The molecule has 1 aliphatic heterocycles. The van der Waals surface area contributed by atoms with E-state index in [1.165, 1.54) is 10.8 Å². The molecule has 2 nitrogen and oxygen atoms in total. The number of benzene rings is 2. The number of nitrogens with zero attached hydrogens (tertiary/aromatic N) is 1. The lowest BCUT2D eigenvalue weighted by molar-refractivity contribution is -0.0267. The van der Waals surface area contributed by atoms with E-state index in [1.54, 1.807) is 0 Å². The second-order valence-corrected chi connectivity index (χ2v) is 6.75. The summed E-state index contributed by atoms with van der Waals surface area (Å²) in [5.74, 6) is 0.689. The molecule has 0 aliphatic carbocycles. The highest BCUT2D eigenvalue weighted by molar-refractivity contribution is 5.86. The van der Waals surface area contributed by atoms with Crippen LogP contribution in [0.1, 0.15) is 32.3 Å². The molecule has 1 heterocycles. The number of rotatable bonds is 3. The van der Waals surface area contributed by atoms with Gasteiger partial charge in [0.1, 0.15) is 0 Å². The Labute approximate surface area is 127 Å². The standard InChI is InChI=1S/C19H25NO/c1-15(2)14-20-12-10-19(21,11-13-20)18-9-5-7-16-6-3-4-8-17(16)18/h3-9,15,21H,10-14H2,1-2H3. The Morgan fingerprint density at radius 2 is 1.71 bits per heavy atom. The zero-order chi connectivity index (χ0) is 14.9. The first-order chi connectivity index (χ1) is 10.1. The second-order valence-electron chi connectivity index (χ2n) is 6.75. The van der Waals surface area contributed by atoms with Crippen LogP contribution in [0, 0.1) is 5.92 Å². The van der Waals surface area contributed by atoms with E-state index in [9.17, 15) is 5.11 Å². The third kappa shape index (κ3) is 2.97. The van der Waals surface area contributed by atoms with Crippen LogP contribution in [0.4, 0.5) is 0 Å². The highest BCUT2D eigenvalue weighted by atomic mass is 16.3. The molecule has 0 amide bonds. The molecule has 1 fully saturated rings. The van der Waals surface area contributed by atoms with Gasteiger partial charge in [0.15, 0.2) is 0 Å². The first-order valence-electron chi connectivity index (χ1n) is 8.01. The molecule has 3 rings (SSSR count). The largest absolute Gasteiger partial charge is 0.385 e. The maximum absolute atomic E-state index is 11.2. The fraction of sp³-hybridized carbons (Fsp3) is 0.474. The molecule has 0 saturated carbocycles. The minimum Gasteiger partial charge on any atom is -0.385 e. The predicted octanol–water partition coefficient (Wildman–Crippen LogP) is 3.78. The van der Waals surface area contributed by atoms with E-state index in [1.807, 2.05) is 0 Å². The van der Waals surface area contributed by atoms with Crippen molar-refractivity contribution in [2.24, 2.45) is 5.92 Å². The zero-order valence-electron chi connectivity index (χ0n) is 13.0. The topological polar surface area (TPSA) is 23.5 Å². The van der Waals surface area contributed by atoms with Gasteiger partial charge in [0, 0.05) is 19.6 Å². The first-order valence-corrected chi connectivity index (χ1v) is 8.01. The first kappa shape index (κ1) is 14.6. The molecule has 2 heteroatoms. The lowest BCUT2D eigenvalue weighted by Gasteiger charge is -2.39. The Morgan fingerprint density at radius 3 is 2.43 bits per heavy atom. The molecule has 0 bridgehead atoms. The van der Waals surface area contributed by atoms with Crippen molar-refractivity contribution >= 4 is 10.8 Å². The van der Waals surface area contributed by atoms with Crippen molar-refractivity contribution in [1.82, 2.24) is 4.90 Å². The van der Waals surface area contributed by atoms with Crippen molar-refractivity contribution in [3.8, 4) is 0 Å². The molecule has 1 aliphatic rings. The van der Waals surface area contributed by atoms with Gasteiger partial charge >= 0.3 is 0 Å². The highest BCUT2D eigenvalue weighted by Gasteiger charge is 2.34. The summed E-state index contributed by atoms with van der Waals surface area (Å²) in [7, 11) is 0. The Bertz CT molecular complexity index is 606. The van der Waals surface area contributed by atoms with E-state index in [-0.39, 0.29) is 0 Å². The Balaban J connectivity index is 1.86. The third-order valence-electron chi connectivity index (χ3n) is 4.60. The summed E-state index contributed by atoms with van der Waals surface area (Å²) in [4.78, 5) is 2.48. The fourth-order valence-corrected chi connectivity index (χ4v) is 3.52. The molecule has 21 heavy (non-hydrogen) atoms. The summed E-state index contributed by atoms with van der Waals surface area (Å²) in [5.41, 5.74) is 0.429. The number of piperidine rings is 1. The summed E-state index contributed by atoms with van der Waals surface area (Å²) < 4.78 is 0. The zero-order valence-corrected chi connectivity index (χ0v) is 13.0. The number of likely N-dealkylation sites (tertiary alicyclic amines) is 1. The monoisotopic (exact) mass is 283 g/mol. The van der Waals surface area contributed by atoms with Crippen molar-refractivity contribution in [3.63, 3.8) is 0 Å². The van der Waals surface area contributed by atoms with E-state index in [0.29, 0.717) is 5.92 Å². The molecule has 0 radical (unpaired) electrons. The van der Waals surface area contributed by atoms with Gasteiger partial charge in [0.25, 0.3) is 0 Å². The molecular formula is C19H25NO. The van der Waals surface area contributed by atoms with Crippen LogP contribution in [-0.2, 0) is 5.60 Å². The van der Waals surface area contributed by atoms with E-state index in [4.69, 9.17) is 0 Å². The van der Waals surface area contributed by atoms with Gasteiger partial charge in [-0.25, -0.2) is 0 Å². The minimum absolute atomic E-state index is 0.672. The van der Waals surface area contributed by atoms with Crippen LogP contribution in [0.5, 0.6) is 0 Å². The lowest BCUT2D eigenvalue weighted by atomic mass is 9.82. The fourth-order valence-electron chi connectivity index (χ4n) is 3.52. The molecule has 2 aromatic rings. The van der Waals surface area contributed by atoms with Crippen LogP contribution in [0.15, 0.2) is 42.5 Å². The van der Waals surface area contributed by atoms with Gasteiger partial charge in [-0.1, -0.05) is 56.3 Å². The average molecular weight is 283 g/mol. The van der Waals surface area contributed by atoms with Gasteiger partial charge in [-0.05, 0) is 35.1 Å². The molecule has 0 spiro atoms. The van der Waals surface area contributed by atoms with E-state index < -0.39 is 5.60 Å². The van der Waals surface area contributed by atoms with Crippen LogP contribution < -0.4 is 0 Å². The molecule has 1 N–H and O–H groups in total.